The number of Topliss-reactive ketones (excluding diaryl/α,β-unsaturated/α-hetero) is 1. The van der Waals surface area contributed by atoms with Crippen LogP contribution in [0.4, 0.5) is 0 Å². The van der Waals surface area contributed by atoms with Gasteiger partial charge in [0.1, 0.15) is 5.75 Å². The second kappa shape index (κ2) is 8.63. The number of ketones is 1. The highest BCUT2D eigenvalue weighted by Crippen LogP contribution is 2.45. The highest BCUT2D eigenvalue weighted by molar-refractivity contribution is 6.32. The number of hydrogen-bond acceptors (Lipinski definition) is 5. The molecule has 7 heteroatoms. The third-order valence-electron chi connectivity index (χ3n) is 5.87. The Labute approximate surface area is 185 Å². The van der Waals surface area contributed by atoms with Crippen LogP contribution in [0.1, 0.15) is 49.1 Å². The zero-order chi connectivity index (χ0) is 22.1. The molecule has 0 bridgehead atoms. The topological polar surface area (TPSA) is 84.9 Å². The van der Waals surface area contributed by atoms with Crippen molar-refractivity contribution in [3.8, 4) is 17.2 Å². The second-order valence-corrected chi connectivity index (χ2v) is 8.19. The smallest absolute Gasteiger partial charge is 0.225 e. The molecule has 2 atom stereocenters. The van der Waals surface area contributed by atoms with Crippen LogP contribution in [0, 0.1) is 0 Å². The number of halogens is 1. The SMILES string of the molecule is CCOc1ccc(C2CC(=O)C3=C(C2)NC(=O)CC3c2cc(Cl)c(O)c(OC)c2)cc1. The van der Waals surface area contributed by atoms with E-state index in [9.17, 15) is 14.7 Å². The van der Waals surface area contributed by atoms with Crippen LogP contribution < -0.4 is 14.8 Å². The lowest BCUT2D eigenvalue weighted by atomic mass is 9.73. The molecule has 1 aliphatic heterocycles. The van der Waals surface area contributed by atoms with Crippen molar-refractivity contribution in [1.29, 1.82) is 0 Å². The van der Waals surface area contributed by atoms with E-state index in [4.69, 9.17) is 21.1 Å². The van der Waals surface area contributed by atoms with Gasteiger partial charge in [-0.15, -0.1) is 0 Å². The van der Waals surface area contributed by atoms with Crippen LogP contribution in [0.5, 0.6) is 17.2 Å². The summed E-state index contributed by atoms with van der Waals surface area (Å²) < 4.78 is 10.7. The molecule has 6 nitrogen and oxygen atoms in total. The van der Waals surface area contributed by atoms with Gasteiger partial charge in [-0.25, -0.2) is 0 Å². The minimum atomic E-state index is -0.426. The van der Waals surface area contributed by atoms with E-state index in [1.165, 1.54) is 7.11 Å². The van der Waals surface area contributed by atoms with Gasteiger partial charge < -0.3 is 19.9 Å². The van der Waals surface area contributed by atoms with E-state index in [0.717, 1.165) is 11.3 Å². The summed E-state index contributed by atoms with van der Waals surface area (Å²) in [6, 6.07) is 11.0. The lowest BCUT2D eigenvalue weighted by Crippen LogP contribution is -2.38. The highest BCUT2D eigenvalue weighted by atomic mass is 35.5. The summed E-state index contributed by atoms with van der Waals surface area (Å²) in [7, 11) is 1.43. The molecule has 0 radical (unpaired) electrons. The van der Waals surface area contributed by atoms with E-state index in [1.54, 1.807) is 12.1 Å². The maximum atomic E-state index is 13.2. The Morgan fingerprint density at radius 1 is 1.10 bits per heavy atom. The Morgan fingerprint density at radius 2 is 1.84 bits per heavy atom. The van der Waals surface area contributed by atoms with Gasteiger partial charge in [-0.3, -0.25) is 9.59 Å². The van der Waals surface area contributed by atoms with Crippen LogP contribution in [0.3, 0.4) is 0 Å². The fraction of sp³-hybridized carbons (Fsp3) is 0.333. The summed E-state index contributed by atoms with van der Waals surface area (Å²) in [5.41, 5.74) is 2.99. The number of carbonyl (C=O) groups is 2. The van der Waals surface area contributed by atoms with Crippen molar-refractivity contribution in [2.75, 3.05) is 13.7 Å². The molecule has 0 aromatic heterocycles. The monoisotopic (exact) mass is 441 g/mol. The molecule has 2 N–H and O–H groups in total. The Morgan fingerprint density at radius 3 is 2.52 bits per heavy atom. The largest absolute Gasteiger partial charge is 0.503 e. The number of nitrogens with one attached hydrogen (secondary N) is 1. The number of amides is 1. The summed E-state index contributed by atoms with van der Waals surface area (Å²) in [5.74, 6) is 0.264. The summed E-state index contributed by atoms with van der Waals surface area (Å²) in [6.45, 7) is 2.53. The Kier molecular flexibility index (Phi) is 5.92. The van der Waals surface area contributed by atoms with Gasteiger partial charge in [0.05, 0.1) is 18.7 Å². The normalized spacial score (nSPS) is 20.9. The molecular weight excluding hydrogens is 418 g/mol. The number of carbonyl (C=O) groups excluding carboxylic acids is 2. The number of phenolic OH excluding ortho intramolecular Hbond substituents is 1. The fourth-order valence-corrected chi connectivity index (χ4v) is 4.65. The first-order valence-electron chi connectivity index (χ1n) is 10.3. The number of methoxy groups -OCH3 is 1. The molecular formula is C24H24ClNO5. The van der Waals surface area contributed by atoms with Gasteiger partial charge in [-0.05, 0) is 54.7 Å². The van der Waals surface area contributed by atoms with Crippen molar-refractivity contribution < 1.29 is 24.2 Å². The first kappa shape index (κ1) is 21.2. The van der Waals surface area contributed by atoms with E-state index in [2.05, 4.69) is 5.32 Å². The molecule has 0 saturated heterocycles. The van der Waals surface area contributed by atoms with Crippen molar-refractivity contribution in [3.05, 3.63) is 63.8 Å². The van der Waals surface area contributed by atoms with E-state index in [-0.39, 0.29) is 40.6 Å². The molecule has 2 aromatic carbocycles. The molecule has 0 saturated carbocycles. The number of ether oxygens (including phenoxy) is 2. The molecule has 31 heavy (non-hydrogen) atoms. The van der Waals surface area contributed by atoms with Gasteiger partial charge in [-0.2, -0.15) is 0 Å². The van der Waals surface area contributed by atoms with Gasteiger partial charge in [0, 0.05) is 30.0 Å². The van der Waals surface area contributed by atoms with Crippen molar-refractivity contribution in [1.82, 2.24) is 5.32 Å². The van der Waals surface area contributed by atoms with Gasteiger partial charge >= 0.3 is 0 Å². The Bertz CT molecular complexity index is 1060. The number of hydrogen-bond donors (Lipinski definition) is 2. The van der Waals surface area contributed by atoms with Crippen LogP contribution in [0.2, 0.25) is 5.02 Å². The van der Waals surface area contributed by atoms with Crippen molar-refractivity contribution in [2.45, 2.75) is 38.0 Å². The molecule has 4 rings (SSSR count). The average molecular weight is 442 g/mol. The van der Waals surface area contributed by atoms with Gasteiger partial charge in [0.2, 0.25) is 5.91 Å². The van der Waals surface area contributed by atoms with E-state index < -0.39 is 5.92 Å². The third-order valence-corrected chi connectivity index (χ3v) is 6.16. The lowest BCUT2D eigenvalue weighted by Gasteiger charge is -2.34. The molecule has 1 heterocycles. The molecule has 162 valence electrons. The quantitative estimate of drug-likeness (QED) is 0.715. The average Bonchev–Trinajstić information content (AvgIpc) is 2.75. The molecule has 0 fully saturated rings. The van der Waals surface area contributed by atoms with Crippen LogP contribution in [0.15, 0.2) is 47.7 Å². The standard InChI is InChI=1S/C24H24ClNO5/c1-3-31-16-6-4-13(5-7-16)14-9-19-23(20(27)10-14)17(12-22(28)26-19)15-8-18(25)24(29)21(11-15)30-2/h4-8,11,14,17,29H,3,9-10,12H2,1-2H3,(H,26,28). The second-order valence-electron chi connectivity index (χ2n) is 7.78. The van der Waals surface area contributed by atoms with Gasteiger partial charge in [0.25, 0.3) is 0 Å². The van der Waals surface area contributed by atoms with Crippen LogP contribution >= 0.6 is 11.6 Å². The van der Waals surface area contributed by atoms with Crippen molar-refractivity contribution >= 4 is 23.3 Å². The summed E-state index contributed by atoms with van der Waals surface area (Å²) in [6.07, 6.45) is 1.07. The predicted molar refractivity (Wildman–Crippen MR) is 117 cm³/mol. The van der Waals surface area contributed by atoms with Crippen LogP contribution in [-0.2, 0) is 9.59 Å². The summed E-state index contributed by atoms with van der Waals surface area (Å²) in [5, 5.41) is 13.1. The predicted octanol–water partition coefficient (Wildman–Crippen LogP) is 4.46. The summed E-state index contributed by atoms with van der Waals surface area (Å²) in [4.78, 5) is 25.7. The fourth-order valence-electron chi connectivity index (χ4n) is 4.43. The van der Waals surface area contributed by atoms with E-state index >= 15 is 0 Å². The number of benzene rings is 2. The number of rotatable bonds is 5. The molecule has 1 aliphatic carbocycles. The zero-order valence-corrected chi connectivity index (χ0v) is 18.2. The Hall–Kier alpha value is -2.99. The minimum absolute atomic E-state index is 0.00768. The molecule has 1 amide bonds. The Balaban J connectivity index is 1.68. The van der Waals surface area contributed by atoms with Crippen molar-refractivity contribution in [3.63, 3.8) is 0 Å². The first-order valence-corrected chi connectivity index (χ1v) is 10.6. The number of aromatic hydroxyl groups is 1. The van der Waals surface area contributed by atoms with Crippen LogP contribution in [0.25, 0.3) is 0 Å². The lowest BCUT2D eigenvalue weighted by molar-refractivity contribution is -0.122. The van der Waals surface area contributed by atoms with Gasteiger partial charge in [-0.1, -0.05) is 23.7 Å². The molecule has 2 aliphatic rings. The molecule has 0 spiro atoms. The number of allylic oxidation sites excluding steroid dienone is 2. The maximum Gasteiger partial charge on any atom is 0.225 e. The molecule has 2 unspecified atom stereocenters. The summed E-state index contributed by atoms with van der Waals surface area (Å²) >= 11 is 6.16. The highest BCUT2D eigenvalue weighted by Gasteiger charge is 2.38. The van der Waals surface area contributed by atoms with Crippen molar-refractivity contribution in [2.24, 2.45) is 0 Å². The first-order chi connectivity index (χ1) is 14.9. The zero-order valence-electron chi connectivity index (χ0n) is 17.4. The number of phenols is 1. The van der Waals surface area contributed by atoms with Gasteiger partial charge in [0.15, 0.2) is 17.3 Å². The minimum Gasteiger partial charge on any atom is -0.503 e. The van der Waals surface area contributed by atoms with E-state index in [1.807, 2.05) is 31.2 Å². The van der Waals surface area contributed by atoms with Crippen LogP contribution in [-0.4, -0.2) is 30.5 Å². The third kappa shape index (κ3) is 4.12. The molecule has 2 aromatic rings. The maximum absolute atomic E-state index is 13.2. The van der Waals surface area contributed by atoms with E-state index in [0.29, 0.717) is 36.3 Å².